The summed E-state index contributed by atoms with van der Waals surface area (Å²) in [6.07, 6.45) is 3.22. The molecule has 1 aliphatic heterocycles. The second-order valence-electron chi connectivity index (χ2n) is 7.44. The van der Waals surface area contributed by atoms with Gasteiger partial charge in [0.05, 0.1) is 0 Å². The number of hydrogen-bond acceptors (Lipinski definition) is 2. The third-order valence-corrected chi connectivity index (χ3v) is 5.39. The van der Waals surface area contributed by atoms with E-state index in [1.54, 1.807) is 0 Å². The van der Waals surface area contributed by atoms with E-state index >= 15 is 0 Å². The SMILES string of the molecule is O=C(O)CC1CCN(C(=O)C(Cc2ccccc2)Cc2ccccc2)CC1. The molecule has 1 N–H and O–H groups in total. The smallest absolute Gasteiger partial charge is 0.303 e. The van der Waals surface area contributed by atoms with Crippen molar-refractivity contribution in [3.63, 3.8) is 0 Å². The highest BCUT2D eigenvalue weighted by molar-refractivity contribution is 5.79. The first-order chi connectivity index (χ1) is 13.1. The Morgan fingerprint density at radius 3 is 1.81 bits per heavy atom. The van der Waals surface area contributed by atoms with Crippen LogP contribution in [0, 0.1) is 11.8 Å². The monoisotopic (exact) mass is 365 g/mol. The van der Waals surface area contributed by atoms with E-state index in [0.717, 1.165) is 25.7 Å². The van der Waals surface area contributed by atoms with Gasteiger partial charge >= 0.3 is 5.97 Å². The minimum Gasteiger partial charge on any atom is -0.481 e. The summed E-state index contributed by atoms with van der Waals surface area (Å²) < 4.78 is 0. The summed E-state index contributed by atoms with van der Waals surface area (Å²) in [5.74, 6) is -0.457. The second kappa shape index (κ2) is 9.36. The van der Waals surface area contributed by atoms with Crippen molar-refractivity contribution in [3.05, 3.63) is 71.8 Å². The molecule has 4 nitrogen and oxygen atoms in total. The molecule has 1 amide bonds. The normalized spacial score (nSPS) is 15.1. The number of piperidine rings is 1. The number of likely N-dealkylation sites (tertiary alicyclic amines) is 1. The van der Waals surface area contributed by atoms with E-state index in [2.05, 4.69) is 24.3 Å². The number of carboxylic acid groups (broad SMARTS) is 1. The number of amides is 1. The number of rotatable bonds is 7. The number of hydrogen-bond donors (Lipinski definition) is 1. The largest absolute Gasteiger partial charge is 0.481 e. The van der Waals surface area contributed by atoms with Gasteiger partial charge in [0.15, 0.2) is 0 Å². The Balaban J connectivity index is 1.68. The van der Waals surface area contributed by atoms with Crippen LogP contribution in [0.4, 0.5) is 0 Å². The second-order valence-corrected chi connectivity index (χ2v) is 7.44. The lowest BCUT2D eigenvalue weighted by Gasteiger charge is -2.34. The zero-order valence-corrected chi connectivity index (χ0v) is 15.6. The van der Waals surface area contributed by atoms with E-state index in [4.69, 9.17) is 5.11 Å². The lowest BCUT2D eigenvalue weighted by molar-refractivity contribution is -0.139. The Morgan fingerprint density at radius 1 is 0.889 bits per heavy atom. The molecule has 1 saturated heterocycles. The molecule has 2 aromatic rings. The Morgan fingerprint density at radius 2 is 1.37 bits per heavy atom. The summed E-state index contributed by atoms with van der Waals surface area (Å²) >= 11 is 0. The zero-order chi connectivity index (χ0) is 19.1. The number of carbonyl (C=O) groups is 2. The van der Waals surface area contributed by atoms with Crippen LogP contribution in [0.3, 0.4) is 0 Å². The zero-order valence-electron chi connectivity index (χ0n) is 15.6. The summed E-state index contributed by atoms with van der Waals surface area (Å²) in [4.78, 5) is 26.1. The van der Waals surface area contributed by atoms with Crippen molar-refractivity contribution in [2.75, 3.05) is 13.1 Å². The minimum absolute atomic E-state index is 0.0918. The third kappa shape index (κ3) is 5.68. The number of carbonyl (C=O) groups excluding carboxylic acids is 1. The van der Waals surface area contributed by atoms with E-state index < -0.39 is 5.97 Å². The molecule has 0 unspecified atom stereocenters. The van der Waals surface area contributed by atoms with Crippen molar-refractivity contribution < 1.29 is 14.7 Å². The molecule has 4 heteroatoms. The van der Waals surface area contributed by atoms with Crippen LogP contribution in [-0.2, 0) is 22.4 Å². The van der Waals surface area contributed by atoms with Crippen LogP contribution in [0.2, 0.25) is 0 Å². The first kappa shape index (κ1) is 19.2. The number of aliphatic carboxylic acids is 1. The topological polar surface area (TPSA) is 57.6 Å². The summed E-state index contributed by atoms with van der Waals surface area (Å²) in [5, 5.41) is 8.98. The van der Waals surface area contributed by atoms with Crippen molar-refractivity contribution in [3.8, 4) is 0 Å². The lowest BCUT2D eigenvalue weighted by atomic mass is 9.89. The maximum Gasteiger partial charge on any atom is 0.303 e. The van der Waals surface area contributed by atoms with Crippen LogP contribution in [0.1, 0.15) is 30.4 Å². The lowest BCUT2D eigenvalue weighted by Crippen LogP contribution is -2.43. The predicted octanol–water partition coefficient (Wildman–Crippen LogP) is 3.80. The molecular weight excluding hydrogens is 338 g/mol. The predicted molar refractivity (Wildman–Crippen MR) is 105 cm³/mol. The van der Waals surface area contributed by atoms with Gasteiger partial charge in [0.2, 0.25) is 5.91 Å². The molecular formula is C23H27NO3. The van der Waals surface area contributed by atoms with Crippen molar-refractivity contribution >= 4 is 11.9 Å². The van der Waals surface area contributed by atoms with Gasteiger partial charge in [-0.3, -0.25) is 9.59 Å². The molecule has 0 aliphatic carbocycles. The standard InChI is InChI=1S/C23H27NO3/c25-22(26)17-20-11-13-24(14-12-20)23(27)21(15-18-7-3-1-4-8-18)16-19-9-5-2-6-10-19/h1-10,20-21H,11-17H2,(H,25,26). The van der Waals surface area contributed by atoms with E-state index in [9.17, 15) is 9.59 Å². The fourth-order valence-corrected chi connectivity index (χ4v) is 3.91. The minimum atomic E-state index is -0.745. The van der Waals surface area contributed by atoms with E-state index in [-0.39, 0.29) is 24.2 Å². The van der Waals surface area contributed by atoms with Gasteiger partial charge in [0.1, 0.15) is 0 Å². The Kier molecular flexibility index (Phi) is 6.64. The number of benzene rings is 2. The molecule has 0 saturated carbocycles. The van der Waals surface area contributed by atoms with Gasteiger partial charge < -0.3 is 10.0 Å². The van der Waals surface area contributed by atoms with E-state index in [0.29, 0.717) is 13.1 Å². The molecule has 142 valence electrons. The summed E-state index contributed by atoms with van der Waals surface area (Å²) in [5.41, 5.74) is 2.35. The number of nitrogens with zero attached hydrogens (tertiary/aromatic N) is 1. The maximum atomic E-state index is 13.2. The van der Waals surface area contributed by atoms with Crippen LogP contribution in [0.5, 0.6) is 0 Å². The van der Waals surface area contributed by atoms with Gasteiger partial charge in [0, 0.05) is 25.4 Å². The molecule has 0 atom stereocenters. The molecule has 1 aliphatic rings. The summed E-state index contributed by atoms with van der Waals surface area (Å²) in [6.45, 7) is 1.33. The molecule has 0 aromatic heterocycles. The molecule has 0 bridgehead atoms. The molecule has 3 rings (SSSR count). The number of carboxylic acids is 1. The van der Waals surface area contributed by atoms with Crippen molar-refractivity contribution in [2.24, 2.45) is 11.8 Å². The van der Waals surface area contributed by atoms with Gasteiger partial charge in [-0.2, -0.15) is 0 Å². The van der Waals surface area contributed by atoms with Crippen LogP contribution < -0.4 is 0 Å². The first-order valence-electron chi connectivity index (χ1n) is 9.70. The van der Waals surface area contributed by atoms with Crippen LogP contribution in [0.25, 0.3) is 0 Å². The Bertz CT molecular complexity index is 695. The van der Waals surface area contributed by atoms with Crippen molar-refractivity contribution in [1.29, 1.82) is 0 Å². The molecule has 1 fully saturated rings. The van der Waals surface area contributed by atoms with Gasteiger partial charge in [0.25, 0.3) is 0 Å². The van der Waals surface area contributed by atoms with Gasteiger partial charge in [-0.15, -0.1) is 0 Å². The molecule has 2 aromatic carbocycles. The van der Waals surface area contributed by atoms with Gasteiger partial charge in [-0.25, -0.2) is 0 Å². The van der Waals surface area contributed by atoms with Gasteiger partial charge in [-0.05, 0) is 42.7 Å². The summed E-state index contributed by atoms with van der Waals surface area (Å²) in [7, 11) is 0. The van der Waals surface area contributed by atoms with Crippen molar-refractivity contribution in [2.45, 2.75) is 32.1 Å². The van der Waals surface area contributed by atoms with Crippen LogP contribution in [-0.4, -0.2) is 35.0 Å². The fourth-order valence-electron chi connectivity index (χ4n) is 3.91. The quantitative estimate of drug-likeness (QED) is 0.812. The molecule has 1 heterocycles. The average molecular weight is 365 g/mol. The first-order valence-corrected chi connectivity index (χ1v) is 9.70. The fraction of sp³-hybridized carbons (Fsp3) is 0.391. The highest BCUT2D eigenvalue weighted by atomic mass is 16.4. The summed E-state index contributed by atoms with van der Waals surface area (Å²) in [6, 6.07) is 20.3. The highest BCUT2D eigenvalue weighted by Gasteiger charge is 2.29. The van der Waals surface area contributed by atoms with E-state index in [1.165, 1.54) is 11.1 Å². The Labute approximate surface area is 160 Å². The average Bonchev–Trinajstić information content (AvgIpc) is 2.69. The van der Waals surface area contributed by atoms with Crippen LogP contribution >= 0.6 is 0 Å². The van der Waals surface area contributed by atoms with Crippen molar-refractivity contribution in [1.82, 2.24) is 4.90 Å². The Hall–Kier alpha value is -2.62. The molecule has 27 heavy (non-hydrogen) atoms. The van der Waals surface area contributed by atoms with Crippen LogP contribution in [0.15, 0.2) is 60.7 Å². The van der Waals surface area contributed by atoms with Gasteiger partial charge in [-0.1, -0.05) is 60.7 Å². The van der Waals surface area contributed by atoms with E-state index in [1.807, 2.05) is 41.3 Å². The highest BCUT2D eigenvalue weighted by Crippen LogP contribution is 2.24. The molecule has 0 spiro atoms. The third-order valence-electron chi connectivity index (χ3n) is 5.39. The molecule has 0 radical (unpaired) electrons. The maximum absolute atomic E-state index is 13.2.